The molecule has 2 heterocycles. The molecule has 0 N–H and O–H groups in total. The van der Waals surface area contributed by atoms with Crippen LogP contribution in [0.2, 0.25) is 0 Å². The Labute approximate surface area is 85.0 Å². The summed E-state index contributed by atoms with van der Waals surface area (Å²) in [4.78, 5) is 0. The quantitative estimate of drug-likeness (QED) is 0.641. The Morgan fingerprint density at radius 3 is 2.64 bits per heavy atom. The maximum absolute atomic E-state index is 8.72. The third-order valence-corrected chi connectivity index (χ3v) is 3.16. The molecule has 2 aliphatic rings. The van der Waals surface area contributed by atoms with Crippen LogP contribution in [0.1, 0.15) is 33.1 Å². The molecule has 3 heteroatoms. The van der Waals surface area contributed by atoms with Crippen molar-refractivity contribution in [3.8, 4) is 6.07 Å². The van der Waals surface area contributed by atoms with Gasteiger partial charge in [-0.1, -0.05) is 0 Å². The summed E-state index contributed by atoms with van der Waals surface area (Å²) >= 11 is 0. The first kappa shape index (κ1) is 9.95. The largest absolute Gasteiger partial charge is 0.375 e. The van der Waals surface area contributed by atoms with E-state index >= 15 is 0 Å². The summed E-state index contributed by atoms with van der Waals surface area (Å²) < 4.78 is 11.3. The van der Waals surface area contributed by atoms with Gasteiger partial charge in [0.1, 0.15) is 6.10 Å². The zero-order chi connectivity index (χ0) is 10.2. The number of hydrogen-bond donors (Lipinski definition) is 0. The molecule has 0 aromatic carbocycles. The first-order chi connectivity index (χ1) is 6.61. The Kier molecular flexibility index (Phi) is 2.50. The second-order valence-electron chi connectivity index (χ2n) is 4.90. The SMILES string of the molecule is CC1(C)CC(C2CCC(C#N)O2)CO1. The highest BCUT2D eigenvalue weighted by molar-refractivity contribution is 4.94. The zero-order valence-corrected chi connectivity index (χ0v) is 8.82. The summed E-state index contributed by atoms with van der Waals surface area (Å²) in [6.07, 6.45) is 3.03. The minimum atomic E-state index is -0.177. The van der Waals surface area contributed by atoms with Crippen LogP contribution in [0, 0.1) is 17.2 Å². The summed E-state index contributed by atoms with van der Waals surface area (Å²) in [6.45, 7) is 5.02. The molecule has 0 radical (unpaired) electrons. The Balaban J connectivity index is 1.90. The Hall–Kier alpha value is -0.590. The zero-order valence-electron chi connectivity index (χ0n) is 8.82. The van der Waals surface area contributed by atoms with Crippen LogP contribution in [0.5, 0.6) is 0 Å². The van der Waals surface area contributed by atoms with E-state index in [9.17, 15) is 0 Å². The fraction of sp³-hybridized carbons (Fsp3) is 0.909. The highest BCUT2D eigenvalue weighted by Crippen LogP contribution is 2.36. The van der Waals surface area contributed by atoms with Crippen LogP contribution in [-0.2, 0) is 9.47 Å². The monoisotopic (exact) mass is 195 g/mol. The molecule has 2 saturated heterocycles. The van der Waals surface area contributed by atoms with Crippen molar-refractivity contribution >= 4 is 0 Å². The van der Waals surface area contributed by atoms with Crippen LogP contribution in [0.4, 0.5) is 0 Å². The molecule has 0 aromatic heterocycles. The van der Waals surface area contributed by atoms with Crippen LogP contribution in [0.15, 0.2) is 0 Å². The number of nitriles is 1. The highest BCUT2D eigenvalue weighted by Gasteiger charge is 2.40. The van der Waals surface area contributed by atoms with Crippen molar-refractivity contribution in [2.75, 3.05) is 6.61 Å². The topological polar surface area (TPSA) is 42.2 Å². The van der Waals surface area contributed by atoms with Gasteiger partial charge in [-0.25, -0.2) is 0 Å². The lowest BCUT2D eigenvalue weighted by Crippen LogP contribution is -2.23. The lowest BCUT2D eigenvalue weighted by Gasteiger charge is -2.18. The Bertz CT molecular complexity index is 257. The molecule has 0 spiro atoms. The molecule has 0 saturated carbocycles. The van der Waals surface area contributed by atoms with E-state index < -0.39 is 0 Å². The normalized spacial score (nSPS) is 41.1. The van der Waals surface area contributed by atoms with Gasteiger partial charge in [-0.05, 0) is 33.1 Å². The molecule has 2 fully saturated rings. The molecular formula is C11H17NO2. The fourth-order valence-corrected chi connectivity index (χ4v) is 2.43. The van der Waals surface area contributed by atoms with E-state index in [0.29, 0.717) is 5.92 Å². The molecular weight excluding hydrogens is 178 g/mol. The number of ether oxygens (including phenoxy) is 2. The summed E-state index contributed by atoms with van der Waals surface area (Å²) in [5, 5.41) is 8.72. The summed E-state index contributed by atoms with van der Waals surface area (Å²) in [5.74, 6) is 0.489. The Morgan fingerprint density at radius 1 is 1.36 bits per heavy atom. The van der Waals surface area contributed by atoms with Gasteiger partial charge in [-0.3, -0.25) is 0 Å². The summed E-state index contributed by atoms with van der Waals surface area (Å²) in [6, 6.07) is 2.18. The number of nitrogens with zero attached hydrogens (tertiary/aromatic N) is 1. The smallest absolute Gasteiger partial charge is 0.144 e. The first-order valence-corrected chi connectivity index (χ1v) is 5.30. The van der Waals surface area contributed by atoms with Crippen molar-refractivity contribution in [2.45, 2.75) is 50.9 Å². The van der Waals surface area contributed by atoms with Crippen molar-refractivity contribution in [1.29, 1.82) is 5.26 Å². The third-order valence-electron chi connectivity index (χ3n) is 3.16. The first-order valence-electron chi connectivity index (χ1n) is 5.30. The van der Waals surface area contributed by atoms with Gasteiger partial charge >= 0.3 is 0 Å². The summed E-state index contributed by atoms with van der Waals surface area (Å²) in [5.41, 5.74) is -0.00123. The maximum Gasteiger partial charge on any atom is 0.144 e. The minimum Gasteiger partial charge on any atom is -0.375 e. The molecule has 0 bridgehead atoms. The van der Waals surface area contributed by atoms with E-state index in [4.69, 9.17) is 14.7 Å². The standard InChI is InChI=1S/C11H17NO2/c1-11(2)5-8(7-13-11)10-4-3-9(6-12)14-10/h8-10H,3-5,7H2,1-2H3. The van der Waals surface area contributed by atoms with Crippen molar-refractivity contribution in [3.05, 3.63) is 0 Å². The lowest BCUT2D eigenvalue weighted by atomic mass is 9.92. The molecule has 3 atom stereocenters. The number of rotatable bonds is 1. The van der Waals surface area contributed by atoms with Crippen molar-refractivity contribution in [3.63, 3.8) is 0 Å². The third kappa shape index (κ3) is 1.92. The maximum atomic E-state index is 8.72. The second kappa shape index (κ2) is 3.52. The van der Waals surface area contributed by atoms with E-state index in [1.807, 2.05) is 0 Å². The van der Waals surface area contributed by atoms with Crippen LogP contribution in [0.25, 0.3) is 0 Å². The fourth-order valence-electron chi connectivity index (χ4n) is 2.43. The Morgan fingerprint density at radius 2 is 2.14 bits per heavy atom. The highest BCUT2D eigenvalue weighted by atomic mass is 16.5. The van der Waals surface area contributed by atoms with E-state index in [1.165, 1.54) is 0 Å². The predicted octanol–water partition coefficient (Wildman–Crippen LogP) is 1.87. The van der Waals surface area contributed by atoms with Gasteiger partial charge in [0.05, 0.1) is 24.4 Å². The van der Waals surface area contributed by atoms with Gasteiger partial charge in [0, 0.05) is 5.92 Å². The average Bonchev–Trinajstić information content (AvgIpc) is 2.70. The van der Waals surface area contributed by atoms with Crippen LogP contribution < -0.4 is 0 Å². The lowest BCUT2D eigenvalue weighted by molar-refractivity contribution is 0.0168. The molecule has 2 rings (SSSR count). The van der Waals surface area contributed by atoms with Gasteiger partial charge < -0.3 is 9.47 Å². The van der Waals surface area contributed by atoms with E-state index in [0.717, 1.165) is 25.9 Å². The van der Waals surface area contributed by atoms with Crippen molar-refractivity contribution in [1.82, 2.24) is 0 Å². The molecule has 78 valence electrons. The molecule has 3 nitrogen and oxygen atoms in total. The predicted molar refractivity (Wildman–Crippen MR) is 51.6 cm³/mol. The van der Waals surface area contributed by atoms with Gasteiger partial charge in [0.2, 0.25) is 0 Å². The van der Waals surface area contributed by atoms with Crippen LogP contribution in [-0.4, -0.2) is 24.4 Å². The van der Waals surface area contributed by atoms with Crippen LogP contribution in [0.3, 0.4) is 0 Å². The van der Waals surface area contributed by atoms with Gasteiger partial charge in [-0.2, -0.15) is 5.26 Å². The molecule has 0 aliphatic carbocycles. The van der Waals surface area contributed by atoms with E-state index in [2.05, 4.69) is 19.9 Å². The molecule has 3 unspecified atom stereocenters. The molecule has 0 amide bonds. The van der Waals surface area contributed by atoms with Gasteiger partial charge in [0.15, 0.2) is 0 Å². The minimum absolute atomic E-state index is 0.00123. The van der Waals surface area contributed by atoms with Crippen LogP contribution >= 0.6 is 0 Å². The molecule has 0 aromatic rings. The van der Waals surface area contributed by atoms with Gasteiger partial charge in [-0.15, -0.1) is 0 Å². The van der Waals surface area contributed by atoms with Crippen molar-refractivity contribution < 1.29 is 9.47 Å². The molecule has 14 heavy (non-hydrogen) atoms. The van der Waals surface area contributed by atoms with Gasteiger partial charge in [0.25, 0.3) is 0 Å². The van der Waals surface area contributed by atoms with E-state index in [-0.39, 0.29) is 17.8 Å². The number of hydrogen-bond acceptors (Lipinski definition) is 3. The average molecular weight is 195 g/mol. The molecule has 2 aliphatic heterocycles. The summed E-state index contributed by atoms with van der Waals surface area (Å²) in [7, 11) is 0. The van der Waals surface area contributed by atoms with Crippen molar-refractivity contribution in [2.24, 2.45) is 5.92 Å². The second-order valence-corrected chi connectivity index (χ2v) is 4.90. The van der Waals surface area contributed by atoms with E-state index in [1.54, 1.807) is 0 Å².